The number of carbonyl (C=O) groups is 2. The van der Waals surface area contributed by atoms with Gasteiger partial charge in [-0.05, 0) is 18.9 Å². The van der Waals surface area contributed by atoms with E-state index in [0.29, 0.717) is 24.4 Å². The van der Waals surface area contributed by atoms with Crippen molar-refractivity contribution < 1.29 is 9.59 Å². The lowest BCUT2D eigenvalue weighted by molar-refractivity contribution is -0.137. The van der Waals surface area contributed by atoms with E-state index < -0.39 is 0 Å². The summed E-state index contributed by atoms with van der Waals surface area (Å²) >= 11 is 0. The number of imide groups is 1. The van der Waals surface area contributed by atoms with Crippen LogP contribution in [0.2, 0.25) is 0 Å². The van der Waals surface area contributed by atoms with Gasteiger partial charge in [0.1, 0.15) is 5.70 Å². The minimum atomic E-state index is -0.173. The number of hydrogen-bond donors (Lipinski definition) is 1. The monoisotopic (exact) mass is 465 g/mol. The van der Waals surface area contributed by atoms with E-state index in [0.717, 1.165) is 35.7 Å². The zero-order valence-electron chi connectivity index (χ0n) is 21.5. The number of nitrogens with one attached hydrogen (secondary N) is 1. The number of unbranched alkanes of at least 4 members (excludes halogenated alkanes) is 10. The molecule has 0 fully saturated rings. The van der Waals surface area contributed by atoms with Gasteiger partial charge in [0.15, 0.2) is 0 Å². The molecule has 1 aromatic heterocycles. The minimum Gasteiger partial charge on any atom is -0.380 e. The highest BCUT2D eigenvalue weighted by Crippen LogP contribution is 2.34. The van der Waals surface area contributed by atoms with Crippen molar-refractivity contribution in [1.82, 2.24) is 14.8 Å². The maximum absolute atomic E-state index is 13.5. The van der Waals surface area contributed by atoms with Crippen LogP contribution in [-0.2, 0) is 16.6 Å². The predicted molar refractivity (Wildman–Crippen MR) is 141 cm³/mol. The lowest BCUT2D eigenvalue weighted by Gasteiger charge is -2.15. The molecule has 0 aliphatic carbocycles. The maximum atomic E-state index is 13.5. The Morgan fingerprint density at radius 1 is 0.765 bits per heavy atom. The molecule has 0 unspecified atom stereocenters. The Morgan fingerprint density at radius 2 is 1.38 bits per heavy atom. The maximum Gasteiger partial charge on any atom is 0.277 e. The summed E-state index contributed by atoms with van der Waals surface area (Å²) in [6.45, 7) is 5.50. The van der Waals surface area contributed by atoms with Crippen LogP contribution >= 0.6 is 0 Å². The first-order chi connectivity index (χ1) is 16.6. The Morgan fingerprint density at radius 3 is 2.03 bits per heavy atom. The summed E-state index contributed by atoms with van der Waals surface area (Å²) < 4.78 is 2.03. The molecule has 5 nitrogen and oxygen atoms in total. The number of fused-ring (bicyclic) bond motifs is 1. The third kappa shape index (κ3) is 6.31. The first-order valence-corrected chi connectivity index (χ1v) is 13.5. The number of aryl methyl sites for hydroxylation is 1. The normalized spacial score (nSPS) is 14.1. The summed E-state index contributed by atoms with van der Waals surface area (Å²) in [6, 6.07) is 8.05. The SMILES string of the molecule is CCCCCCCCCCCCCN1C(=O)C(NCCC)=C(c2cn(C)c3ccccc23)C1=O. The largest absolute Gasteiger partial charge is 0.380 e. The highest BCUT2D eigenvalue weighted by atomic mass is 16.2. The van der Waals surface area contributed by atoms with Crippen LogP contribution < -0.4 is 5.32 Å². The molecule has 5 heteroatoms. The van der Waals surface area contributed by atoms with E-state index in [9.17, 15) is 9.59 Å². The molecule has 1 N–H and O–H groups in total. The molecule has 2 heterocycles. The second kappa shape index (κ2) is 13.4. The van der Waals surface area contributed by atoms with Crippen molar-refractivity contribution in [3.8, 4) is 0 Å². The number of aromatic nitrogens is 1. The van der Waals surface area contributed by atoms with Crippen molar-refractivity contribution in [3.05, 3.63) is 41.7 Å². The fourth-order valence-electron chi connectivity index (χ4n) is 4.92. The molecule has 186 valence electrons. The predicted octanol–water partition coefficient (Wildman–Crippen LogP) is 6.57. The number of rotatable bonds is 16. The van der Waals surface area contributed by atoms with Crippen LogP contribution in [0, 0.1) is 0 Å². The molecule has 0 saturated carbocycles. The van der Waals surface area contributed by atoms with Gasteiger partial charge in [-0.3, -0.25) is 14.5 Å². The van der Waals surface area contributed by atoms with Crippen LogP contribution in [0.1, 0.15) is 96.5 Å². The van der Waals surface area contributed by atoms with Crippen LogP contribution in [0.3, 0.4) is 0 Å². The van der Waals surface area contributed by atoms with E-state index in [1.54, 1.807) is 0 Å². The summed E-state index contributed by atoms with van der Waals surface area (Å²) in [5.41, 5.74) is 2.89. The van der Waals surface area contributed by atoms with E-state index in [1.165, 1.54) is 62.7 Å². The molecule has 0 saturated heterocycles. The molecule has 2 aromatic rings. The van der Waals surface area contributed by atoms with Gasteiger partial charge < -0.3 is 9.88 Å². The first kappa shape index (κ1) is 26.1. The Hall–Kier alpha value is -2.56. The molecule has 1 aromatic carbocycles. The molecule has 0 spiro atoms. The Bertz CT molecular complexity index is 988. The molecule has 3 rings (SSSR count). The van der Waals surface area contributed by atoms with E-state index in [-0.39, 0.29) is 11.8 Å². The van der Waals surface area contributed by atoms with E-state index in [2.05, 4.69) is 19.2 Å². The molecule has 0 bridgehead atoms. The zero-order chi connectivity index (χ0) is 24.3. The molecule has 0 atom stereocenters. The summed E-state index contributed by atoms with van der Waals surface area (Å²) in [6.07, 6.45) is 16.6. The lowest BCUT2D eigenvalue weighted by Crippen LogP contribution is -2.34. The van der Waals surface area contributed by atoms with E-state index >= 15 is 0 Å². The van der Waals surface area contributed by atoms with Crippen molar-refractivity contribution in [2.45, 2.75) is 90.9 Å². The Labute approximate surface area is 205 Å². The third-order valence-corrected chi connectivity index (χ3v) is 6.87. The number of hydrogen-bond acceptors (Lipinski definition) is 3. The summed E-state index contributed by atoms with van der Waals surface area (Å²) in [5, 5.41) is 4.27. The molecule has 1 aliphatic heterocycles. The molecule has 1 aliphatic rings. The second-order valence-electron chi connectivity index (χ2n) is 9.65. The van der Waals surface area contributed by atoms with Gasteiger partial charge in [0.05, 0.1) is 5.57 Å². The fraction of sp³-hybridized carbons (Fsp3) is 0.586. The van der Waals surface area contributed by atoms with Crippen molar-refractivity contribution >= 4 is 28.3 Å². The molecule has 2 amide bonds. The highest BCUT2D eigenvalue weighted by Gasteiger charge is 2.39. The van der Waals surface area contributed by atoms with E-state index in [1.807, 2.05) is 42.1 Å². The molecule has 34 heavy (non-hydrogen) atoms. The van der Waals surface area contributed by atoms with Gasteiger partial charge in [0.2, 0.25) is 0 Å². The fourth-order valence-corrected chi connectivity index (χ4v) is 4.92. The van der Waals surface area contributed by atoms with Gasteiger partial charge in [-0.2, -0.15) is 0 Å². The molecular formula is C29H43N3O2. The Kier molecular flexibility index (Phi) is 10.2. The summed E-state index contributed by atoms with van der Waals surface area (Å²) in [5.74, 6) is -0.333. The number of carbonyl (C=O) groups excluding carboxylic acids is 2. The van der Waals surface area contributed by atoms with Crippen molar-refractivity contribution in [2.24, 2.45) is 7.05 Å². The van der Waals surface area contributed by atoms with Crippen LogP contribution in [0.15, 0.2) is 36.2 Å². The van der Waals surface area contributed by atoms with Crippen molar-refractivity contribution in [3.63, 3.8) is 0 Å². The lowest BCUT2D eigenvalue weighted by atomic mass is 10.0. The average molecular weight is 466 g/mol. The smallest absolute Gasteiger partial charge is 0.277 e. The zero-order valence-corrected chi connectivity index (χ0v) is 21.5. The van der Waals surface area contributed by atoms with Crippen LogP contribution in [0.4, 0.5) is 0 Å². The van der Waals surface area contributed by atoms with E-state index in [4.69, 9.17) is 0 Å². The molecular weight excluding hydrogens is 422 g/mol. The average Bonchev–Trinajstić information content (AvgIpc) is 3.29. The summed E-state index contributed by atoms with van der Waals surface area (Å²) in [4.78, 5) is 28.2. The van der Waals surface area contributed by atoms with Crippen LogP contribution in [0.25, 0.3) is 16.5 Å². The number of benzene rings is 1. The van der Waals surface area contributed by atoms with Gasteiger partial charge in [-0.25, -0.2) is 0 Å². The van der Waals surface area contributed by atoms with Gasteiger partial charge in [0.25, 0.3) is 11.8 Å². The third-order valence-electron chi connectivity index (χ3n) is 6.87. The standard InChI is InChI=1S/C29H43N3O2/c1-4-6-7-8-9-10-11-12-13-14-17-21-32-28(33)26(27(29(32)34)30-20-5-2)24-22-31(3)25-19-16-15-18-23(24)25/h15-16,18-19,22,30H,4-14,17,20-21H2,1-3H3. The first-order valence-electron chi connectivity index (χ1n) is 13.5. The van der Waals surface area contributed by atoms with Gasteiger partial charge in [0, 0.05) is 42.8 Å². The topological polar surface area (TPSA) is 54.3 Å². The second-order valence-corrected chi connectivity index (χ2v) is 9.65. The van der Waals surface area contributed by atoms with Gasteiger partial charge in [-0.1, -0.05) is 96.3 Å². The van der Waals surface area contributed by atoms with Crippen molar-refractivity contribution in [1.29, 1.82) is 0 Å². The van der Waals surface area contributed by atoms with Crippen molar-refractivity contribution in [2.75, 3.05) is 13.1 Å². The number of nitrogens with zero attached hydrogens (tertiary/aromatic N) is 2. The molecule has 0 radical (unpaired) electrons. The van der Waals surface area contributed by atoms with Crippen LogP contribution in [-0.4, -0.2) is 34.4 Å². The van der Waals surface area contributed by atoms with Crippen LogP contribution in [0.5, 0.6) is 0 Å². The highest BCUT2D eigenvalue weighted by molar-refractivity contribution is 6.37. The summed E-state index contributed by atoms with van der Waals surface area (Å²) in [7, 11) is 1.98. The number of amides is 2. The minimum absolute atomic E-state index is 0.160. The quantitative estimate of drug-likeness (QED) is 0.225. The van der Waals surface area contributed by atoms with Gasteiger partial charge in [-0.15, -0.1) is 0 Å². The van der Waals surface area contributed by atoms with Gasteiger partial charge >= 0.3 is 0 Å². The number of para-hydroxylation sites is 1. The Balaban J connectivity index is 1.56.